The Bertz CT molecular complexity index is 505. The molecule has 1 saturated heterocycles. The highest BCUT2D eigenvalue weighted by Crippen LogP contribution is 2.35. The van der Waals surface area contributed by atoms with Crippen LogP contribution < -0.4 is 4.74 Å². The molecule has 0 radical (unpaired) electrons. The van der Waals surface area contributed by atoms with E-state index in [9.17, 15) is 13.2 Å². The topological polar surface area (TPSA) is 12.5 Å². The molecule has 1 heterocycles. The second-order valence-corrected chi connectivity index (χ2v) is 6.86. The number of benzene rings is 1. The number of nitrogens with zero attached hydrogens (tertiary/aromatic N) is 1. The number of para-hydroxylation sites is 1. The van der Waals surface area contributed by atoms with Crippen LogP contribution >= 0.6 is 15.9 Å². The van der Waals surface area contributed by atoms with Crippen molar-refractivity contribution < 1.29 is 17.9 Å². The molecular formula is C16H21BrF3NO. The van der Waals surface area contributed by atoms with E-state index < -0.39 is 12.1 Å². The fraction of sp³-hybridized carbons (Fsp3) is 0.625. The molecule has 0 saturated carbocycles. The Morgan fingerprint density at radius 1 is 1.36 bits per heavy atom. The highest BCUT2D eigenvalue weighted by molar-refractivity contribution is 9.10. The van der Waals surface area contributed by atoms with Crippen molar-refractivity contribution in [2.45, 2.75) is 45.5 Å². The zero-order chi connectivity index (χ0) is 16.3. The number of piperidine rings is 1. The Hall–Kier alpha value is -0.750. The molecule has 0 spiro atoms. The third-order valence-electron chi connectivity index (χ3n) is 3.76. The zero-order valence-corrected chi connectivity index (χ0v) is 14.4. The van der Waals surface area contributed by atoms with Crippen molar-refractivity contribution in [3.63, 3.8) is 0 Å². The molecule has 0 amide bonds. The first kappa shape index (κ1) is 17.6. The van der Waals surface area contributed by atoms with E-state index in [1.54, 1.807) is 0 Å². The van der Waals surface area contributed by atoms with Gasteiger partial charge in [-0.05, 0) is 55.2 Å². The summed E-state index contributed by atoms with van der Waals surface area (Å²) in [6.45, 7) is 5.11. The molecular weight excluding hydrogens is 359 g/mol. The molecule has 0 bridgehead atoms. The maximum Gasteiger partial charge on any atom is 0.393 e. The molecule has 0 N–H and O–H groups in total. The van der Waals surface area contributed by atoms with Crippen molar-refractivity contribution in [1.82, 2.24) is 4.90 Å². The Balaban J connectivity index is 2.12. The minimum absolute atomic E-state index is 0.0155. The first-order valence-corrected chi connectivity index (χ1v) is 8.29. The van der Waals surface area contributed by atoms with Crippen LogP contribution in [0.5, 0.6) is 5.75 Å². The minimum atomic E-state index is -4.10. The number of hydrogen-bond acceptors (Lipinski definition) is 2. The molecule has 1 aromatic rings. The lowest BCUT2D eigenvalue weighted by molar-refractivity contribution is -0.187. The van der Waals surface area contributed by atoms with Gasteiger partial charge in [-0.15, -0.1) is 0 Å². The van der Waals surface area contributed by atoms with Crippen molar-refractivity contribution in [2.75, 3.05) is 13.1 Å². The van der Waals surface area contributed by atoms with Crippen molar-refractivity contribution >= 4 is 15.9 Å². The number of alkyl halides is 3. The van der Waals surface area contributed by atoms with E-state index >= 15 is 0 Å². The van der Waals surface area contributed by atoms with Crippen LogP contribution in [0.3, 0.4) is 0 Å². The van der Waals surface area contributed by atoms with Gasteiger partial charge in [-0.25, -0.2) is 0 Å². The van der Waals surface area contributed by atoms with Gasteiger partial charge in [-0.1, -0.05) is 12.1 Å². The van der Waals surface area contributed by atoms with Gasteiger partial charge in [0.15, 0.2) is 0 Å². The Morgan fingerprint density at radius 2 is 2.09 bits per heavy atom. The van der Waals surface area contributed by atoms with Gasteiger partial charge >= 0.3 is 6.18 Å². The fourth-order valence-corrected chi connectivity index (χ4v) is 3.25. The van der Waals surface area contributed by atoms with E-state index in [-0.39, 0.29) is 19.1 Å². The van der Waals surface area contributed by atoms with Gasteiger partial charge in [0.1, 0.15) is 5.75 Å². The molecule has 2 nitrogen and oxygen atoms in total. The van der Waals surface area contributed by atoms with E-state index in [4.69, 9.17) is 4.74 Å². The van der Waals surface area contributed by atoms with Crippen molar-refractivity contribution in [1.29, 1.82) is 0 Å². The molecule has 2 rings (SSSR count). The molecule has 0 aliphatic carbocycles. The SMILES string of the molecule is CC(C)Oc1c(Br)cccc1CN1CCCC(C(F)(F)F)C1. The molecule has 22 heavy (non-hydrogen) atoms. The summed E-state index contributed by atoms with van der Waals surface area (Å²) in [5, 5.41) is 0. The number of ether oxygens (including phenoxy) is 1. The fourth-order valence-electron chi connectivity index (χ4n) is 2.75. The van der Waals surface area contributed by atoms with Crippen molar-refractivity contribution in [3.8, 4) is 5.75 Å². The van der Waals surface area contributed by atoms with E-state index in [0.717, 1.165) is 15.8 Å². The normalized spacial score (nSPS) is 20.4. The van der Waals surface area contributed by atoms with Gasteiger partial charge in [0.2, 0.25) is 0 Å². The predicted octanol–water partition coefficient (Wildman–Crippen LogP) is 5.01. The second kappa shape index (κ2) is 7.21. The van der Waals surface area contributed by atoms with Crippen LogP contribution in [0.4, 0.5) is 13.2 Å². The zero-order valence-electron chi connectivity index (χ0n) is 12.8. The summed E-state index contributed by atoms with van der Waals surface area (Å²) in [7, 11) is 0. The number of rotatable bonds is 4. The van der Waals surface area contributed by atoms with Crippen LogP contribution in [0, 0.1) is 5.92 Å². The van der Waals surface area contributed by atoms with Crippen LogP contribution in [-0.4, -0.2) is 30.3 Å². The van der Waals surface area contributed by atoms with Gasteiger partial charge in [0.05, 0.1) is 16.5 Å². The van der Waals surface area contributed by atoms with Gasteiger partial charge in [0, 0.05) is 18.7 Å². The highest BCUT2D eigenvalue weighted by Gasteiger charge is 2.41. The van der Waals surface area contributed by atoms with Crippen molar-refractivity contribution in [2.24, 2.45) is 5.92 Å². The third-order valence-corrected chi connectivity index (χ3v) is 4.39. The summed E-state index contributed by atoms with van der Waals surface area (Å²) < 4.78 is 45.4. The van der Waals surface area contributed by atoms with Gasteiger partial charge in [0.25, 0.3) is 0 Å². The molecule has 1 aliphatic heterocycles. The lowest BCUT2D eigenvalue weighted by Crippen LogP contribution is -2.41. The van der Waals surface area contributed by atoms with E-state index in [0.29, 0.717) is 19.5 Å². The molecule has 1 aliphatic rings. The van der Waals surface area contributed by atoms with Crippen LogP contribution in [0.1, 0.15) is 32.3 Å². The van der Waals surface area contributed by atoms with Crippen LogP contribution in [-0.2, 0) is 6.54 Å². The molecule has 1 unspecified atom stereocenters. The largest absolute Gasteiger partial charge is 0.489 e. The van der Waals surface area contributed by atoms with Gasteiger partial charge in [-0.3, -0.25) is 4.90 Å². The summed E-state index contributed by atoms with van der Waals surface area (Å²) in [6, 6.07) is 5.69. The number of likely N-dealkylation sites (tertiary alicyclic amines) is 1. The van der Waals surface area contributed by atoms with Gasteiger partial charge in [-0.2, -0.15) is 13.2 Å². The molecule has 6 heteroatoms. The summed E-state index contributed by atoms with van der Waals surface area (Å²) in [4.78, 5) is 1.87. The lowest BCUT2D eigenvalue weighted by atomic mass is 9.97. The van der Waals surface area contributed by atoms with Gasteiger partial charge < -0.3 is 4.74 Å². The van der Waals surface area contributed by atoms with Crippen LogP contribution in [0.15, 0.2) is 22.7 Å². The maximum atomic E-state index is 12.9. The molecule has 1 atom stereocenters. The Kier molecular flexibility index (Phi) is 5.77. The molecule has 124 valence electrons. The van der Waals surface area contributed by atoms with Crippen LogP contribution in [0.2, 0.25) is 0 Å². The molecule has 0 aromatic heterocycles. The number of hydrogen-bond donors (Lipinski definition) is 0. The molecule has 1 fully saturated rings. The monoisotopic (exact) mass is 379 g/mol. The Labute approximate surface area is 137 Å². The summed E-state index contributed by atoms with van der Waals surface area (Å²) in [5.41, 5.74) is 0.922. The highest BCUT2D eigenvalue weighted by atomic mass is 79.9. The lowest BCUT2D eigenvalue weighted by Gasteiger charge is -2.34. The van der Waals surface area contributed by atoms with E-state index in [1.165, 1.54) is 0 Å². The first-order valence-electron chi connectivity index (χ1n) is 7.50. The first-order chi connectivity index (χ1) is 10.3. The average Bonchev–Trinajstić information content (AvgIpc) is 2.42. The van der Waals surface area contributed by atoms with Crippen LogP contribution in [0.25, 0.3) is 0 Å². The maximum absolute atomic E-state index is 12.9. The molecule has 1 aromatic carbocycles. The predicted molar refractivity (Wildman–Crippen MR) is 84.0 cm³/mol. The summed E-state index contributed by atoms with van der Waals surface area (Å²) >= 11 is 3.46. The summed E-state index contributed by atoms with van der Waals surface area (Å²) in [5.74, 6) is -0.491. The number of halogens is 4. The van der Waals surface area contributed by atoms with E-state index in [1.807, 2.05) is 36.9 Å². The third kappa shape index (κ3) is 4.62. The summed E-state index contributed by atoms with van der Waals surface area (Å²) in [6.07, 6.45) is -3.28. The average molecular weight is 380 g/mol. The standard InChI is InChI=1S/C16H21BrF3NO/c1-11(2)22-15-12(5-3-7-14(15)17)9-21-8-4-6-13(10-21)16(18,19)20/h3,5,7,11,13H,4,6,8-10H2,1-2H3. The van der Waals surface area contributed by atoms with E-state index in [2.05, 4.69) is 15.9 Å². The smallest absolute Gasteiger partial charge is 0.393 e. The minimum Gasteiger partial charge on any atom is -0.489 e. The second-order valence-electron chi connectivity index (χ2n) is 6.01. The quantitative estimate of drug-likeness (QED) is 0.728. The van der Waals surface area contributed by atoms with Crippen molar-refractivity contribution in [3.05, 3.63) is 28.2 Å². The Morgan fingerprint density at radius 3 is 2.73 bits per heavy atom.